The van der Waals surface area contributed by atoms with Gasteiger partial charge in [-0.25, -0.2) is 0 Å². The summed E-state index contributed by atoms with van der Waals surface area (Å²) in [6.07, 6.45) is 10.1. The van der Waals surface area contributed by atoms with Crippen LogP contribution in [0.25, 0.3) is 11.3 Å². The monoisotopic (exact) mass is 283 g/mol. The molecule has 0 atom stereocenters. The number of nitrogens with one attached hydrogen (secondary N) is 1. The Morgan fingerprint density at radius 2 is 1.76 bits per heavy atom. The van der Waals surface area contributed by atoms with Gasteiger partial charge in [0.2, 0.25) is 0 Å². The first-order valence-electron chi connectivity index (χ1n) is 8.13. The minimum atomic E-state index is 0.712. The van der Waals surface area contributed by atoms with Crippen molar-refractivity contribution < 1.29 is 0 Å². The van der Waals surface area contributed by atoms with Gasteiger partial charge < -0.3 is 5.32 Å². The number of benzene rings is 1. The molecule has 1 aromatic carbocycles. The zero-order valence-corrected chi connectivity index (χ0v) is 12.9. The second kappa shape index (κ2) is 6.90. The van der Waals surface area contributed by atoms with E-state index in [-0.39, 0.29) is 0 Å². The summed E-state index contributed by atoms with van der Waals surface area (Å²) in [5.41, 5.74) is 3.76. The molecule has 0 aliphatic heterocycles. The van der Waals surface area contributed by atoms with Gasteiger partial charge >= 0.3 is 0 Å². The van der Waals surface area contributed by atoms with Crippen LogP contribution in [-0.4, -0.2) is 15.8 Å². The van der Waals surface area contributed by atoms with Crippen LogP contribution in [0.3, 0.4) is 0 Å². The second-order valence-corrected chi connectivity index (χ2v) is 6.11. The Kier molecular flexibility index (Phi) is 4.71. The van der Waals surface area contributed by atoms with Gasteiger partial charge in [-0.05, 0) is 30.0 Å². The van der Waals surface area contributed by atoms with Crippen LogP contribution in [0, 0.1) is 0 Å². The molecule has 1 aliphatic carbocycles. The van der Waals surface area contributed by atoms with E-state index in [4.69, 9.17) is 0 Å². The number of aryl methyl sites for hydroxylation is 1. The fraction of sp³-hybridized carbons (Fsp3) is 0.500. The third kappa shape index (κ3) is 3.73. The van der Waals surface area contributed by atoms with Crippen LogP contribution in [0.4, 0.5) is 0 Å². The Morgan fingerprint density at radius 1 is 1.05 bits per heavy atom. The van der Waals surface area contributed by atoms with Crippen LogP contribution >= 0.6 is 0 Å². The molecule has 0 unspecified atom stereocenters. The highest BCUT2D eigenvalue weighted by atomic mass is 15.2. The Hall–Kier alpha value is -1.61. The Morgan fingerprint density at radius 3 is 2.38 bits per heavy atom. The summed E-state index contributed by atoms with van der Waals surface area (Å²) in [6, 6.07) is 11.6. The topological polar surface area (TPSA) is 29.9 Å². The first kappa shape index (κ1) is 14.3. The molecule has 0 amide bonds. The van der Waals surface area contributed by atoms with Gasteiger partial charge in [-0.15, -0.1) is 0 Å². The predicted molar refractivity (Wildman–Crippen MR) is 87.0 cm³/mol. The van der Waals surface area contributed by atoms with Gasteiger partial charge in [-0.3, -0.25) is 4.68 Å². The molecule has 0 bridgehead atoms. The number of nitrogens with zero attached hydrogens (tertiary/aromatic N) is 2. The van der Waals surface area contributed by atoms with Crippen molar-refractivity contribution in [2.75, 3.05) is 0 Å². The van der Waals surface area contributed by atoms with E-state index >= 15 is 0 Å². The maximum Gasteiger partial charge on any atom is 0.0678 e. The maximum atomic E-state index is 4.23. The van der Waals surface area contributed by atoms with Crippen LogP contribution in [0.15, 0.2) is 36.5 Å². The fourth-order valence-corrected chi connectivity index (χ4v) is 3.20. The van der Waals surface area contributed by atoms with Crippen molar-refractivity contribution in [3.8, 4) is 11.3 Å². The van der Waals surface area contributed by atoms with Crippen molar-refractivity contribution in [3.63, 3.8) is 0 Å². The molecule has 0 radical (unpaired) electrons. The lowest BCUT2D eigenvalue weighted by Gasteiger charge is -2.16. The smallest absolute Gasteiger partial charge is 0.0678 e. The average molecular weight is 283 g/mol. The first-order chi connectivity index (χ1) is 10.3. The van der Waals surface area contributed by atoms with Gasteiger partial charge in [0.15, 0.2) is 0 Å². The van der Waals surface area contributed by atoms with Gasteiger partial charge in [0.05, 0.1) is 5.69 Å². The van der Waals surface area contributed by atoms with Crippen LogP contribution in [-0.2, 0) is 13.6 Å². The van der Waals surface area contributed by atoms with Crippen molar-refractivity contribution in [2.45, 2.75) is 51.1 Å². The fourth-order valence-electron chi connectivity index (χ4n) is 3.20. The van der Waals surface area contributed by atoms with E-state index < -0.39 is 0 Å². The highest BCUT2D eigenvalue weighted by Gasteiger charge is 2.11. The predicted octanol–water partition coefficient (Wildman–Crippen LogP) is 3.90. The summed E-state index contributed by atoms with van der Waals surface area (Å²) in [5.74, 6) is 0. The molecule has 2 aromatic rings. The summed E-state index contributed by atoms with van der Waals surface area (Å²) in [4.78, 5) is 0. The summed E-state index contributed by atoms with van der Waals surface area (Å²) in [7, 11) is 1.98. The highest BCUT2D eigenvalue weighted by Crippen LogP contribution is 2.20. The Labute approximate surface area is 127 Å². The van der Waals surface area contributed by atoms with Gasteiger partial charge in [-0.1, -0.05) is 49.9 Å². The molecule has 0 saturated heterocycles. The van der Waals surface area contributed by atoms with Gasteiger partial charge in [0.1, 0.15) is 0 Å². The van der Waals surface area contributed by atoms with E-state index in [1.807, 2.05) is 17.9 Å². The number of hydrogen-bond acceptors (Lipinski definition) is 2. The zero-order valence-electron chi connectivity index (χ0n) is 12.9. The number of rotatable bonds is 4. The Balaban J connectivity index is 1.58. The SMILES string of the molecule is Cn1nccc1-c1ccc(CNC2CCCCCC2)cc1. The summed E-state index contributed by atoms with van der Waals surface area (Å²) in [6.45, 7) is 0.982. The minimum Gasteiger partial charge on any atom is -0.310 e. The molecule has 1 N–H and O–H groups in total. The molecule has 1 aliphatic rings. The van der Waals surface area contributed by atoms with E-state index in [1.165, 1.54) is 55.3 Å². The largest absolute Gasteiger partial charge is 0.310 e. The summed E-state index contributed by atoms with van der Waals surface area (Å²) < 4.78 is 1.92. The minimum absolute atomic E-state index is 0.712. The van der Waals surface area contributed by atoms with E-state index in [1.54, 1.807) is 0 Å². The molecule has 21 heavy (non-hydrogen) atoms. The third-order valence-corrected chi connectivity index (χ3v) is 4.52. The van der Waals surface area contributed by atoms with Crippen molar-refractivity contribution in [3.05, 3.63) is 42.1 Å². The summed E-state index contributed by atoms with van der Waals surface area (Å²) in [5, 5.41) is 7.95. The zero-order chi connectivity index (χ0) is 14.5. The van der Waals surface area contributed by atoms with E-state index in [0.29, 0.717) is 6.04 Å². The van der Waals surface area contributed by atoms with E-state index in [0.717, 1.165) is 6.54 Å². The molecule has 1 fully saturated rings. The quantitative estimate of drug-likeness (QED) is 0.862. The normalized spacial score (nSPS) is 16.8. The summed E-state index contributed by atoms with van der Waals surface area (Å²) >= 11 is 0. The van der Waals surface area contributed by atoms with Crippen LogP contribution in [0.5, 0.6) is 0 Å². The van der Waals surface area contributed by atoms with Crippen LogP contribution in [0.1, 0.15) is 44.1 Å². The molecule has 1 saturated carbocycles. The lowest BCUT2D eigenvalue weighted by Crippen LogP contribution is -2.27. The van der Waals surface area contributed by atoms with Gasteiger partial charge in [0.25, 0.3) is 0 Å². The molecule has 1 heterocycles. The lowest BCUT2D eigenvalue weighted by molar-refractivity contribution is 0.459. The standard InChI is InChI=1S/C18H25N3/c1-21-18(12-13-20-21)16-10-8-15(9-11-16)14-19-17-6-4-2-3-5-7-17/h8-13,17,19H,2-7,14H2,1H3. The molecule has 1 aromatic heterocycles. The third-order valence-electron chi connectivity index (χ3n) is 4.52. The molecule has 3 rings (SSSR count). The maximum absolute atomic E-state index is 4.23. The van der Waals surface area contributed by atoms with Crippen molar-refractivity contribution in [1.29, 1.82) is 0 Å². The van der Waals surface area contributed by atoms with Crippen molar-refractivity contribution >= 4 is 0 Å². The first-order valence-corrected chi connectivity index (χ1v) is 8.13. The van der Waals surface area contributed by atoms with E-state index in [2.05, 4.69) is 40.7 Å². The molecule has 3 heteroatoms. The van der Waals surface area contributed by atoms with Gasteiger partial charge in [0, 0.05) is 25.8 Å². The highest BCUT2D eigenvalue weighted by molar-refractivity contribution is 5.59. The number of hydrogen-bond donors (Lipinski definition) is 1. The molecule has 112 valence electrons. The molecule has 0 spiro atoms. The number of aromatic nitrogens is 2. The molecular formula is C18H25N3. The Bertz CT molecular complexity index is 548. The molecule has 3 nitrogen and oxygen atoms in total. The van der Waals surface area contributed by atoms with Crippen LogP contribution < -0.4 is 5.32 Å². The van der Waals surface area contributed by atoms with Gasteiger partial charge in [-0.2, -0.15) is 5.10 Å². The van der Waals surface area contributed by atoms with Crippen molar-refractivity contribution in [2.24, 2.45) is 7.05 Å². The lowest BCUT2D eigenvalue weighted by atomic mass is 10.1. The molecular weight excluding hydrogens is 258 g/mol. The van der Waals surface area contributed by atoms with Crippen LogP contribution in [0.2, 0.25) is 0 Å². The van der Waals surface area contributed by atoms with Crippen molar-refractivity contribution in [1.82, 2.24) is 15.1 Å². The van der Waals surface area contributed by atoms with E-state index in [9.17, 15) is 0 Å². The average Bonchev–Trinajstić information content (AvgIpc) is 2.78. The second-order valence-electron chi connectivity index (χ2n) is 6.11.